The summed E-state index contributed by atoms with van der Waals surface area (Å²) in [6.07, 6.45) is 10.4. The van der Waals surface area contributed by atoms with Gasteiger partial charge in [-0.05, 0) is 75.2 Å². The number of piperidine rings is 1. The summed E-state index contributed by atoms with van der Waals surface area (Å²) in [7, 11) is 0. The lowest BCUT2D eigenvalue weighted by molar-refractivity contribution is -0.124. The summed E-state index contributed by atoms with van der Waals surface area (Å²) in [5.74, 6) is 1.23. The zero-order valence-corrected chi connectivity index (χ0v) is 18.5. The van der Waals surface area contributed by atoms with Crippen LogP contribution < -0.4 is 4.74 Å². The summed E-state index contributed by atoms with van der Waals surface area (Å²) in [5, 5.41) is 2.10. The Morgan fingerprint density at radius 3 is 2.83 bits per heavy atom. The van der Waals surface area contributed by atoms with Crippen molar-refractivity contribution in [1.82, 2.24) is 9.80 Å². The number of likely N-dealkylation sites (tertiary alicyclic amines) is 2. The Labute approximate surface area is 179 Å². The van der Waals surface area contributed by atoms with Gasteiger partial charge in [0.25, 0.3) is 0 Å². The Balaban J connectivity index is 1.36. The molecule has 29 heavy (non-hydrogen) atoms. The fourth-order valence-electron chi connectivity index (χ4n) is 5.05. The number of carbonyl (C=O) groups is 1. The second-order valence-corrected chi connectivity index (χ2v) is 9.75. The quantitative estimate of drug-likeness (QED) is 0.558. The minimum Gasteiger partial charge on any atom is -0.494 e. The molecule has 0 aromatic heterocycles. The van der Waals surface area contributed by atoms with Gasteiger partial charge in [0.15, 0.2) is 5.78 Å². The van der Waals surface area contributed by atoms with Crippen LogP contribution in [-0.2, 0) is 4.79 Å². The largest absolute Gasteiger partial charge is 0.494 e. The van der Waals surface area contributed by atoms with E-state index >= 15 is 0 Å². The summed E-state index contributed by atoms with van der Waals surface area (Å²) in [6, 6.07) is 8.86. The van der Waals surface area contributed by atoms with Crippen molar-refractivity contribution in [2.75, 3.05) is 32.8 Å². The predicted molar refractivity (Wildman–Crippen MR) is 120 cm³/mol. The Bertz CT molecular complexity index is 721. The van der Waals surface area contributed by atoms with Gasteiger partial charge >= 0.3 is 0 Å². The third kappa shape index (κ3) is 4.73. The molecule has 2 saturated heterocycles. The first-order valence-electron chi connectivity index (χ1n) is 11.2. The molecule has 0 aliphatic carbocycles. The number of rotatable bonds is 8. The van der Waals surface area contributed by atoms with E-state index in [1.54, 1.807) is 18.7 Å². The van der Waals surface area contributed by atoms with Crippen molar-refractivity contribution >= 4 is 17.5 Å². The van der Waals surface area contributed by atoms with Crippen molar-refractivity contribution in [2.24, 2.45) is 0 Å². The highest BCUT2D eigenvalue weighted by molar-refractivity contribution is 8.04. The molecule has 0 N–H and O–H groups in total. The Morgan fingerprint density at radius 1 is 1.21 bits per heavy atom. The van der Waals surface area contributed by atoms with E-state index in [-0.39, 0.29) is 5.78 Å². The molecule has 3 aliphatic heterocycles. The molecule has 1 aromatic carbocycles. The van der Waals surface area contributed by atoms with Crippen LogP contribution in [0.25, 0.3) is 0 Å². The molecule has 158 valence electrons. The molecule has 5 heteroatoms. The van der Waals surface area contributed by atoms with Crippen LogP contribution >= 0.6 is 11.8 Å². The number of Topliss-reactive ketones (excluding diaryl/α,β-unsaturated/α-hetero) is 1. The van der Waals surface area contributed by atoms with Gasteiger partial charge in [-0.3, -0.25) is 9.69 Å². The number of ketones is 1. The van der Waals surface area contributed by atoms with Gasteiger partial charge in [0.1, 0.15) is 10.6 Å². The minimum atomic E-state index is -0.410. The van der Waals surface area contributed by atoms with E-state index in [0.717, 1.165) is 51.1 Å². The van der Waals surface area contributed by atoms with Crippen LogP contribution in [0.1, 0.15) is 63.5 Å². The SMILES string of the molecule is CC(=O)C1(N2CCCC2c2cccc(OCCCN3CCCCC3)c2)CC=CS1. The zero-order chi connectivity index (χ0) is 20.1. The molecule has 2 unspecified atom stereocenters. The molecule has 0 spiro atoms. The Kier molecular flexibility index (Phi) is 6.99. The first-order valence-corrected chi connectivity index (χ1v) is 12.1. The predicted octanol–water partition coefficient (Wildman–Crippen LogP) is 5.01. The van der Waals surface area contributed by atoms with E-state index in [4.69, 9.17) is 4.74 Å². The average molecular weight is 415 g/mol. The van der Waals surface area contributed by atoms with E-state index in [2.05, 4.69) is 45.5 Å². The minimum absolute atomic E-state index is 0.268. The topological polar surface area (TPSA) is 32.8 Å². The van der Waals surface area contributed by atoms with Crippen LogP contribution in [0.15, 0.2) is 35.7 Å². The molecule has 3 aliphatic rings. The number of thioether (sulfide) groups is 1. The van der Waals surface area contributed by atoms with Crippen LogP contribution in [-0.4, -0.2) is 53.2 Å². The number of benzene rings is 1. The highest BCUT2D eigenvalue weighted by Gasteiger charge is 2.47. The number of hydrogen-bond acceptors (Lipinski definition) is 5. The number of carbonyl (C=O) groups excluding carboxylic acids is 1. The fourth-order valence-corrected chi connectivity index (χ4v) is 6.18. The second kappa shape index (κ2) is 9.67. The normalized spacial score (nSPS) is 28.1. The van der Waals surface area contributed by atoms with Crippen LogP contribution in [0.5, 0.6) is 5.75 Å². The first kappa shape index (κ1) is 21.0. The maximum Gasteiger partial charge on any atom is 0.160 e. The summed E-state index contributed by atoms with van der Waals surface area (Å²) < 4.78 is 6.10. The van der Waals surface area contributed by atoms with Crippen LogP contribution in [0.2, 0.25) is 0 Å². The first-order chi connectivity index (χ1) is 14.2. The van der Waals surface area contributed by atoms with Gasteiger partial charge in [-0.15, -0.1) is 11.8 Å². The van der Waals surface area contributed by atoms with Gasteiger partial charge in [0.05, 0.1) is 6.61 Å². The summed E-state index contributed by atoms with van der Waals surface area (Å²) >= 11 is 1.69. The molecule has 4 nitrogen and oxygen atoms in total. The monoisotopic (exact) mass is 414 g/mol. The van der Waals surface area contributed by atoms with Crippen molar-refractivity contribution in [2.45, 2.75) is 62.8 Å². The maximum atomic E-state index is 12.6. The molecule has 2 atom stereocenters. The Morgan fingerprint density at radius 2 is 2.07 bits per heavy atom. The summed E-state index contributed by atoms with van der Waals surface area (Å²) in [5.41, 5.74) is 1.28. The summed E-state index contributed by atoms with van der Waals surface area (Å²) in [6.45, 7) is 7.14. The van der Waals surface area contributed by atoms with Gasteiger partial charge in [-0.2, -0.15) is 0 Å². The smallest absolute Gasteiger partial charge is 0.160 e. The lowest BCUT2D eigenvalue weighted by Gasteiger charge is -2.40. The van der Waals surface area contributed by atoms with Crippen LogP contribution in [0.4, 0.5) is 0 Å². The number of hydrogen-bond donors (Lipinski definition) is 0. The summed E-state index contributed by atoms with van der Waals surface area (Å²) in [4.78, 5) is 17.2. The van der Waals surface area contributed by atoms with Crippen LogP contribution in [0.3, 0.4) is 0 Å². The molecular weight excluding hydrogens is 380 g/mol. The van der Waals surface area contributed by atoms with Gasteiger partial charge in [-0.1, -0.05) is 24.6 Å². The van der Waals surface area contributed by atoms with Gasteiger partial charge in [0, 0.05) is 25.6 Å². The van der Waals surface area contributed by atoms with Crippen molar-refractivity contribution in [1.29, 1.82) is 0 Å². The highest BCUT2D eigenvalue weighted by Crippen LogP contribution is 2.48. The van der Waals surface area contributed by atoms with E-state index in [1.807, 2.05) is 0 Å². The van der Waals surface area contributed by atoms with E-state index < -0.39 is 4.87 Å². The van der Waals surface area contributed by atoms with E-state index in [0.29, 0.717) is 6.04 Å². The molecule has 2 fully saturated rings. The lowest BCUT2D eigenvalue weighted by atomic mass is 10.0. The average Bonchev–Trinajstić information content (AvgIpc) is 3.42. The third-order valence-corrected chi connectivity index (χ3v) is 8.01. The Hall–Kier alpha value is -1.30. The highest BCUT2D eigenvalue weighted by atomic mass is 32.2. The third-order valence-electron chi connectivity index (χ3n) is 6.60. The van der Waals surface area contributed by atoms with E-state index in [9.17, 15) is 4.79 Å². The van der Waals surface area contributed by atoms with Crippen LogP contribution in [0, 0.1) is 0 Å². The second-order valence-electron chi connectivity index (χ2n) is 8.56. The lowest BCUT2D eigenvalue weighted by Crippen LogP contribution is -2.49. The fraction of sp³-hybridized carbons (Fsp3) is 0.625. The van der Waals surface area contributed by atoms with E-state index in [1.165, 1.54) is 37.9 Å². The maximum absolute atomic E-state index is 12.6. The zero-order valence-electron chi connectivity index (χ0n) is 17.6. The van der Waals surface area contributed by atoms with Crippen molar-refractivity contribution in [3.8, 4) is 5.75 Å². The number of ether oxygens (including phenoxy) is 1. The molecule has 0 bridgehead atoms. The van der Waals surface area contributed by atoms with Gasteiger partial charge in [-0.25, -0.2) is 0 Å². The molecule has 1 aromatic rings. The van der Waals surface area contributed by atoms with Crippen molar-refractivity contribution in [3.05, 3.63) is 41.3 Å². The van der Waals surface area contributed by atoms with Crippen molar-refractivity contribution < 1.29 is 9.53 Å². The molecular formula is C24H34N2O2S. The molecule has 0 amide bonds. The van der Waals surface area contributed by atoms with Crippen molar-refractivity contribution in [3.63, 3.8) is 0 Å². The van der Waals surface area contributed by atoms with Gasteiger partial charge < -0.3 is 9.64 Å². The molecule has 4 rings (SSSR count). The number of nitrogens with zero attached hydrogens (tertiary/aromatic N) is 2. The molecule has 3 heterocycles. The standard InChI is InChI=1S/C24H34N2O2S/c1-20(27)24(12-7-18-29-24)26-16-6-11-23(26)21-9-5-10-22(19-21)28-17-8-15-25-13-3-2-4-14-25/h5,7,9-10,18-19,23H,2-4,6,8,11-17H2,1H3. The molecule has 0 saturated carbocycles. The van der Waals surface area contributed by atoms with Gasteiger partial charge in [0.2, 0.25) is 0 Å². The molecule has 0 radical (unpaired) electrons.